The second kappa shape index (κ2) is 8.07. The number of aromatic nitrogens is 4. The van der Waals surface area contributed by atoms with E-state index in [9.17, 15) is 18.0 Å². The summed E-state index contributed by atoms with van der Waals surface area (Å²) in [7, 11) is 1.77. The van der Waals surface area contributed by atoms with Crippen LogP contribution in [0, 0.1) is 11.5 Å². The van der Waals surface area contributed by atoms with Crippen LogP contribution in [0.25, 0.3) is 11.3 Å². The number of amides is 1. The fourth-order valence-electron chi connectivity index (χ4n) is 4.04. The van der Waals surface area contributed by atoms with E-state index in [0.717, 1.165) is 11.8 Å². The maximum absolute atomic E-state index is 14.6. The number of fused-ring (bicyclic) bond motifs is 2. The summed E-state index contributed by atoms with van der Waals surface area (Å²) in [5, 5.41) is 11.5. The second-order valence-corrected chi connectivity index (χ2v) is 7.98. The monoisotopic (exact) mass is 457 g/mol. The van der Waals surface area contributed by atoms with Crippen LogP contribution in [0.2, 0.25) is 0 Å². The summed E-state index contributed by atoms with van der Waals surface area (Å²) in [4.78, 5) is 17.9. The van der Waals surface area contributed by atoms with Crippen molar-refractivity contribution in [2.75, 3.05) is 13.2 Å². The maximum atomic E-state index is 14.6. The summed E-state index contributed by atoms with van der Waals surface area (Å²) < 4.78 is 49.5. The van der Waals surface area contributed by atoms with E-state index in [1.54, 1.807) is 34.5 Å². The lowest BCUT2D eigenvalue weighted by Crippen LogP contribution is -2.46. The molecule has 0 bridgehead atoms. The summed E-state index contributed by atoms with van der Waals surface area (Å²) in [5.74, 6) is -1.55. The van der Waals surface area contributed by atoms with Crippen LogP contribution in [-0.2, 0) is 11.8 Å². The van der Waals surface area contributed by atoms with Crippen molar-refractivity contribution < 1.29 is 27.1 Å². The Kier molecular flexibility index (Phi) is 5.20. The highest BCUT2D eigenvalue weighted by atomic mass is 19.3. The van der Waals surface area contributed by atoms with E-state index in [-0.39, 0.29) is 17.2 Å². The molecule has 2 aliphatic rings. The minimum absolute atomic E-state index is 0.0245. The van der Waals surface area contributed by atoms with Crippen molar-refractivity contribution in [1.82, 2.24) is 20.2 Å². The molecule has 4 heterocycles. The number of halogens is 3. The van der Waals surface area contributed by atoms with E-state index in [2.05, 4.69) is 20.5 Å². The smallest absolute Gasteiger partial charge is 0.356 e. The Morgan fingerprint density at radius 1 is 1.33 bits per heavy atom. The number of hydrogen-bond acceptors (Lipinski definition) is 5. The SMILES string of the molecule is C[C@@H](NC(=O)c1cc(-c2cnn(C)c2)n[n+]2c1=N[C@H]1COCC=21)c1cccc(C(F)F)c1F. The first-order valence-corrected chi connectivity index (χ1v) is 10.3. The average molecular weight is 457 g/mol. The molecule has 8 nitrogen and oxygen atoms in total. The minimum atomic E-state index is -2.95. The van der Waals surface area contributed by atoms with Gasteiger partial charge in [0.25, 0.3) is 12.3 Å². The minimum Gasteiger partial charge on any atom is -0.368 e. The molecule has 5 rings (SSSR count). The Balaban J connectivity index is 1.55. The number of hydrogen-bond donors (Lipinski definition) is 1. The van der Waals surface area contributed by atoms with Gasteiger partial charge in [-0.15, -0.1) is 0 Å². The number of carbonyl (C=O) groups is 1. The number of aryl methyl sites for hydroxylation is 1. The van der Waals surface area contributed by atoms with Gasteiger partial charge in [0, 0.05) is 24.4 Å². The molecule has 0 spiro atoms. The Bertz CT molecular complexity index is 1390. The van der Waals surface area contributed by atoms with Crippen LogP contribution >= 0.6 is 0 Å². The number of nitrogens with zero attached hydrogens (tertiary/aromatic N) is 5. The summed E-state index contributed by atoms with van der Waals surface area (Å²) in [6, 6.07) is 4.26. The standard InChI is InChI=1S/C22H19F3N6O2/c1-11(13-4-3-5-14(19(13)23)20(24)25)27-22(32)15-6-16(12-7-26-30(2)8-12)29-31-18-10-33-9-17(18)28-21(15)31/h3-8,11,17,20H,9-10H2,1-2H3/p+1/t11-,17+/m1/s1. The van der Waals surface area contributed by atoms with E-state index >= 15 is 0 Å². The van der Waals surface area contributed by atoms with Crippen LogP contribution in [0.1, 0.15) is 40.9 Å². The Morgan fingerprint density at radius 2 is 2.12 bits per heavy atom. The molecule has 0 unspecified atom stereocenters. The number of rotatable bonds is 5. The third-order valence-electron chi connectivity index (χ3n) is 5.74. The zero-order valence-electron chi connectivity index (χ0n) is 17.8. The van der Waals surface area contributed by atoms with Gasteiger partial charge in [0.05, 0.1) is 24.4 Å². The number of alkyl halides is 2. The van der Waals surface area contributed by atoms with E-state index in [4.69, 9.17) is 4.74 Å². The van der Waals surface area contributed by atoms with Gasteiger partial charge < -0.3 is 10.1 Å². The van der Waals surface area contributed by atoms with Crippen molar-refractivity contribution in [3.05, 3.63) is 70.4 Å². The van der Waals surface area contributed by atoms with E-state index in [1.807, 2.05) is 0 Å². The van der Waals surface area contributed by atoms with Gasteiger partial charge in [0.15, 0.2) is 5.71 Å². The Hall–Kier alpha value is -3.60. The second-order valence-electron chi connectivity index (χ2n) is 7.98. The third kappa shape index (κ3) is 3.67. The van der Waals surface area contributed by atoms with Gasteiger partial charge in [-0.1, -0.05) is 32.6 Å². The largest absolute Gasteiger partial charge is 0.368 e. The Labute approximate surface area is 186 Å². The first kappa shape index (κ1) is 21.3. The molecule has 2 aliphatic heterocycles. The lowest BCUT2D eigenvalue weighted by atomic mass is 10.0. The quantitative estimate of drug-likeness (QED) is 0.592. The van der Waals surface area contributed by atoms with E-state index < -0.39 is 29.8 Å². The molecule has 1 N–H and O–H groups in total. The lowest BCUT2D eigenvalue weighted by Gasteiger charge is -2.16. The molecule has 0 radical (unpaired) electrons. The predicted molar refractivity (Wildman–Crippen MR) is 108 cm³/mol. The molecule has 3 aromatic rings. The molecule has 1 aromatic carbocycles. The zero-order valence-corrected chi connectivity index (χ0v) is 17.8. The van der Waals surface area contributed by atoms with E-state index in [0.29, 0.717) is 30.0 Å². The molecular formula is C22H20F3N6O2+. The lowest BCUT2D eigenvalue weighted by molar-refractivity contribution is -0.601. The molecule has 0 saturated carbocycles. The molecule has 1 fully saturated rings. The summed E-state index contributed by atoms with van der Waals surface area (Å²) in [5.41, 5.74) is 1.92. The van der Waals surface area contributed by atoms with Crippen molar-refractivity contribution >= 4 is 5.91 Å². The Morgan fingerprint density at radius 3 is 2.85 bits per heavy atom. The molecule has 33 heavy (non-hydrogen) atoms. The molecule has 170 valence electrons. The highest BCUT2D eigenvalue weighted by Gasteiger charge is 2.38. The van der Waals surface area contributed by atoms with Gasteiger partial charge >= 0.3 is 5.49 Å². The van der Waals surface area contributed by atoms with Crippen LogP contribution in [0.5, 0.6) is 0 Å². The van der Waals surface area contributed by atoms with Crippen molar-refractivity contribution in [1.29, 1.82) is 0 Å². The fraction of sp³-hybridized carbons (Fsp3) is 0.318. The fourth-order valence-corrected chi connectivity index (χ4v) is 4.04. The molecule has 2 aromatic heterocycles. The van der Waals surface area contributed by atoms with Crippen LogP contribution in [-0.4, -0.2) is 40.0 Å². The first-order valence-electron chi connectivity index (χ1n) is 10.3. The number of ether oxygens (including phenoxy) is 1. The van der Waals surface area contributed by atoms with Crippen LogP contribution in [0.15, 0.2) is 41.7 Å². The van der Waals surface area contributed by atoms with Gasteiger partial charge in [0.1, 0.15) is 23.7 Å². The van der Waals surface area contributed by atoms with Crippen LogP contribution in [0.4, 0.5) is 13.2 Å². The molecule has 11 heteroatoms. The maximum Gasteiger partial charge on any atom is 0.356 e. The predicted octanol–water partition coefficient (Wildman–Crippen LogP) is 1.75. The zero-order chi connectivity index (χ0) is 23.3. The van der Waals surface area contributed by atoms with Gasteiger partial charge in [-0.25, -0.2) is 13.2 Å². The van der Waals surface area contributed by atoms with Crippen LogP contribution in [0.3, 0.4) is 0 Å². The number of carbonyl (C=O) groups excluding carboxylic acids is 1. The van der Waals surface area contributed by atoms with E-state index in [1.165, 1.54) is 19.1 Å². The average Bonchev–Trinajstić information content (AvgIpc) is 3.49. The third-order valence-corrected chi connectivity index (χ3v) is 5.74. The van der Waals surface area contributed by atoms with Gasteiger partial charge in [-0.2, -0.15) is 5.10 Å². The first-order chi connectivity index (χ1) is 15.8. The van der Waals surface area contributed by atoms with Gasteiger partial charge in [-0.3, -0.25) is 9.48 Å². The van der Waals surface area contributed by atoms with Gasteiger partial charge in [0.2, 0.25) is 6.04 Å². The summed E-state index contributed by atoms with van der Waals surface area (Å²) in [6.07, 6.45) is 0.446. The van der Waals surface area contributed by atoms with Crippen molar-refractivity contribution in [2.45, 2.75) is 25.4 Å². The molecule has 1 saturated heterocycles. The highest BCUT2D eigenvalue weighted by molar-refractivity contribution is 5.94. The van der Waals surface area contributed by atoms with Crippen LogP contribution < -0.4 is 15.2 Å². The molecule has 2 atom stereocenters. The summed E-state index contributed by atoms with van der Waals surface area (Å²) >= 11 is 0. The van der Waals surface area contributed by atoms with Crippen molar-refractivity contribution in [2.24, 2.45) is 12.0 Å². The van der Waals surface area contributed by atoms with Crippen molar-refractivity contribution in [3.8, 4) is 11.3 Å². The highest BCUT2D eigenvalue weighted by Crippen LogP contribution is 2.27. The number of nitrogens with one attached hydrogen (secondary N) is 1. The molecular weight excluding hydrogens is 437 g/mol. The molecule has 0 aliphatic carbocycles. The topological polar surface area (TPSA) is 87.3 Å². The normalized spacial score (nSPS) is 17.6. The van der Waals surface area contributed by atoms with Gasteiger partial charge in [-0.05, 0) is 13.0 Å². The summed E-state index contributed by atoms with van der Waals surface area (Å²) in [6.45, 7) is 2.28. The number of benzene rings is 1. The molecule has 1 amide bonds. The van der Waals surface area contributed by atoms with Crippen molar-refractivity contribution in [3.63, 3.8) is 0 Å².